The van der Waals surface area contributed by atoms with Crippen molar-refractivity contribution >= 4 is 34.2 Å². The number of para-hydroxylation sites is 1. The monoisotopic (exact) mass is 468 g/mol. The van der Waals surface area contributed by atoms with E-state index in [1.54, 1.807) is 0 Å². The molecule has 0 radical (unpaired) electrons. The maximum absolute atomic E-state index is 13.3. The quantitative estimate of drug-likeness (QED) is 0.681. The van der Waals surface area contributed by atoms with Gasteiger partial charge in [-0.2, -0.15) is 0 Å². The first-order valence-electron chi connectivity index (χ1n) is 8.64. The second kappa shape index (κ2) is 8.45. The molecular formula is C20H22FIN2O2. The van der Waals surface area contributed by atoms with E-state index >= 15 is 0 Å². The highest BCUT2D eigenvalue weighted by Gasteiger charge is 2.23. The van der Waals surface area contributed by atoms with Crippen molar-refractivity contribution in [2.24, 2.45) is 0 Å². The van der Waals surface area contributed by atoms with Crippen LogP contribution in [0.25, 0.3) is 0 Å². The summed E-state index contributed by atoms with van der Waals surface area (Å²) in [7, 11) is 0. The fourth-order valence-electron chi connectivity index (χ4n) is 3.30. The normalized spacial score (nSPS) is 20.8. The van der Waals surface area contributed by atoms with Gasteiger partial charge in [-0.25, -0.2) is 4.39 Å². The maximum atomic E-state index is 13.3. The maximum Gasteiger partial charge on any atom is 0.256 e. The molecule has 1 aliphatic rings. The van der Waals surface area contributed by atoms with Crippen LogP contribution in [-0.4, -0.2) is 36.1 Å². The third-order valence-electron chi connectivity index (χ3n) is 4.33. The summed E-state index contributed by atoms with van der Waals surface area (Å²) >= 11 is 1.98. The first kappa shape index (κ1) is 19.3. The van der Waals surface area contributed by atoms with Crippen molar-refractivity contribution in [3.8, 4) is 0 Å². The lowest BCUT2D eigenvalue weighted by Gasteiger charge is -2.35. The molecule has 2 atom stereocenters. The Balaban J connectivity index is 1.75. The molecular weight excluding hydrogens is 446 g/mol. The van der Waals surface area contributed by atoms with E-state index < -0.39 is 0 Å². The van der Waals surface area contributed by atoms with Gasteiger partial charge in [0.15, 0.2) is 0 Å². The standard InChI is InChI=1S/C20H22FIN2O2/c1-13-10-24(11-14(2)26-13)12-15-5-3-4-6-19(15)23-20(25)17-8-7-16(21)9-18(17)22/h3-9,13-14H,10-12H2,1-2H3,(H,23,25). The molecule has 4 nitrogen and oxygen atoms in total. The van der Waals surface area contributed by atoms with Crippen LogP contribution in [0.2, 0.25) is 0 Å². The van der Waals surface area contributed by atoms with E-state index in [0.717, 1.165) is 30.9 Å². The second-order valence-electron chi connectivity index (χ2n) is 6.69. The first-order valence-corrected chi connectivity index (χ1v) is 9.72. The number of anilines is 1. The number of amides is 1. The molecule has 2 aromatic rings. The van der Waals surface area contributed by atoms with E-state index in [0.29, 0.717) is 9.13 Å². The number of nitrogens with one attached hydrogen (secondary N) is 1. The summed E-state index contributed by atoms with van der Waals surface area (Å²) in [5, 5.41) is 2.98. The molecule has 0 aromatic heterocycles. The number of halogens is 2. The molecule has 1 heterocycles. The molecule has 0 bridgehead atoms. The highest BCUT2D eigenvalue weighted by molar-refractivity contribution is 14.1. The minimum atomic E-state index is -0.345. The minimum absolute atomic E-state index is 0.196. The molecule has 1 saturated heterocycles. The van der Waals surface area contributed by atoms with Crippen LogP contribution in [0.5, 0.6) is 0 Å². The van der Waals surface area contributed by atoms with Gasteiger partial charge in [0.2, 0.25) is 0 Å². The SMILES string of the molecule is CC1CN(Cc2ccccc2NC(=O)c2ccc(F)cc2I)CC(C)O1. The van der Waals surface area contributed by atoms with Crippen molar-refractivity contribution in [3.63, 3.8) is 0 Å². The molecule has 1 fully saturated rings. The highest BCUT2D eigenvalue weighted by atomic mass is 127. The van der Waals surface area contributed by atoms with E-state index in [2.05, 4.69) is 24.1 Å². The molecule has 0 aliphatic carbocycles. The Labute approximate surface area is 166 Å². The molecule has 1 amide bonds. The number of rotatable bonds is 4. The van der Waals surface area contributed by atoms with Crippen LogP contribution in [0.4, 0.5) is 10.1 Å². The second-order valence-corrected chi connectivity index (χ2v) is 7.85. The fraction of sp³-hybridized carbons (Fsp3) is 0.350. The van der Waals surface area contributed by atoms with Gasteiger partial charge in [0.25, 0.3) is 5.91 Å². The summed E-state index contributed by atoms with van der Waals surface area (Å²) in [4.78, 5) is 15.0. The van der Waals surface area contributed by atoms with Gasteiger partial charge in [-0.05, 0) is 66.3 Å². The highest BCUT2D eigenvalue weighted by Crippen LogP contribution is 2.22. The van der Waals surface area contributed by atoms with Crippen molar-refractivity contribution < 1.29 is 13.9 Å². The fourth-order valence-corrected chi connectivity index (χ4v) is 4.02. The van der Waals surface area contributed by atoms with Crippen LogP contribution < -0.4 is 5.32 Å². The van der Waals surface area contributed by atoms with Crippen LogP contribution in [0.3, 0.4) is 0 Å². The number of ether oxygens (including phenoxy) is 1. The average Bonchev–Trinajstić information content (AvgIpc) is 2.55. The van der Waals surface area contributed by atoms with Crippen molar-refractivity contribution in [2.45, 2.75) is 32.6 Å². The number of nitrogens with zero attached hydrogens (tertiary/aromatic N) is 1. The molecule has 0 saturated carbocycles. The Kier molecular flexibility index (Phi) is 6.26. The number of benzene rings is 2. The smallest absolute Gasteiger partial charge is 0.256 e. The van der Waals surface area contributed by atoms with E-state index in [9.17, 15) is 9.18 Å². The van der Waals surface area contributed by atoms with Gasteiger partial charge in [-0.15, -0.1) is 0 Å². The zero-order chi connectivity index (χ0) is 18.7. The minimum Gasteiger partial charge on any atom is -0.373 e. The van der Waals surface area contributed by atoms with Crippen LogP contribution in [0, 0.1) is 9.39 Å². The summed E-state index contributed by atoms with van der Waals surface area (Å²) in [5.74, 6) is -0.576. The molecule has 0 spiro atoms. The molecule has 1 aliphatic heterocycles. The van der Waals surface area contributed by atoms with Gasteiger partial charge in [0.05, 0.1) is 17.8 Å². The Morgan fingerprint density at radius 2 is 1.92 bits per heavy atom. The summed E-state index contributed by atoms with van der Waals surface area (Å²) in [6, 6.07) is 12.0. The lowest BCUT2D eigenvalue weighted by atomic mass is 10.1. The van der Waals surface area contributed by atoms with Crippen LogP contribution in [-0.2, 0) is 11.3 Å². The Bertz CT molecular complexity index is 789. The van der Waals surface area contributed by atoms with E-state index in [-0.39, 0.29) is 23.9 Å². The molecule has 3 rings (SSSR count). The molecule has 2 unspecified atom stereocenters. The number of hydrogen-bond donors (Lipinski definition) is 1. The Morgan fingerprint density at radius 1 is 1.23 bits per heavy atom. The number of hydrogen-bond acceptors (Lipinski definition) is 3. The van der Waals surface area contributed by atoms with Gasteiger partial charge in [0.1, 0.15) is 5.82 Å². The zero-order valence-electron chi connectivity index (χ0n) is 14.8. The topological polar surface area (TPSA) is 41.6 Å². The van der Waals surface area contributed by atoms with Gasteiger partial charge in [-0.1, -0.05) is 18.2 Å². The summed E-state index contributed by atoms with van der Waals surface area (Å²) < 4.78 is 19.7. The predicted octanol–water partition coefficient (Wildman–Crippen LogP) is 4.29. The number of morpholine rings is 1. The van der Waals surface area contributed by atoms with Gasteiger partial charge in [-0.3, -0.25) is 9.69 Å². The van der Waals surface area contributed by atoms with Crippen molar-refractivity contribution in [1.82, 2.24) is 4.90 Å². The molecule has 138 valence electrons. The van der Waals surface area contributed by atoms with E-state index in [4.69, 9.17) is 4.74 Å². The van der Waals surface area contributed by atoms with Crippen LogP contribution >= 0.6 is 22.6 Å². The Hall–Kier alpha value is -1.51. The molecule has 1 N–H and O–H groups in total. The average molecular weight is 468 g/mol. The summed E-state index contributed by atoms with van der Waals surface area (Å²) in [5.41, 5.74) is 2.30. The molecule has 26 heavy (non-hydrogen) atoms. The lowest BCUT2D eigenvalue weighted by Crippen LogP contribution is -2.44. The number of carbonyl (C=O) groups is 1. The first-order chi connectivity index (χ1) is 12.4. The summed E-state index contributed by atoms with van der Waals surface area (Å²) in [6.07, 6.45) is 0.391. The van der Waals surface area contributed by atoms with E-state index in [1.165, 1.54) is 18.2 Å². The van der Waals surface area contributed by atoms with Gasteiger partial charge < -0.3 is 10.1 Å². The largest absolute Gasteiger partial charge is 0.373 e. The third-order valence-corrected chi connectivity index (χ3v) is 5.22. The lowest BCUT2D eigenvalue weighted by molar-refractivity contribution is -0.0704. The van der Waals surface area contributed by atoms with Crippen LogP contribution in [0.1, 0.15) is 29.8 Å². The zero-order valence-corrected chi connectivity index (χ0v) is 17.0. The summed E-state index contributed by atoms with van der Waals surface area (Å²) in [6.45, 7) is 6.62. The van der Waals surface area contributed by atoms with E-state index in [1.807, 2.05) is 46.9 Å². The van der Waals surface area contributed by atoms with Crippen molar-refractivity contribution in [1.29, 1.82) is 0 Å². The third kappa shape index (κ3) is 4.81. The predicted molar refractivity (Wildman–Crippen MR) is 109 cm³/mol. The van der Waals surface area contributed by atoms with Crippen LogP contribution in [0.15, 0.2) is 42.5 Å². The van der Waals surface area contributed by atoms with Crippen molar-refractivity contribution in [2.75, 3.05) is 18.4 Å². The van der Waals surface area contributed by atoms with Gasteiger partial charge in [0, 0.05) is 28.9 Å². The van der Waals surface area contributed by atoms with Gasteiger partial charge >= 0.3 is 0 Å². The number of carbonyl (C=O) groups excluding carboxylic acids is 1. The molecule has 2 aromatic carbocycles. The Morgan fingerprint density at radius 3 is 2.62 bits per heavy atom. The molecule has 6 heteroatoms. The van der Waals surface area contributed by atoms with Crippen molar-refractivity contribution in [3.05, 3.63) is 63.0 Å².